The van der Waals surface area contributed by atoms with Gasteiger partial charge in [0.15, 0.2) is 0 Å². The van der Waals surface area contributed by atoms with E-state index in [-0.39, 0.29) is 17.4 Å². The van der Waals surface area contributed by atoms with Crippen molar-refractivity contribution in [3.8, 4) is 0 Å². The molecule has 1 atom stereocenters. The molecular formula is C10H21N3O2. The summed E-state index contributed by atoms with van der Waals surface area (Å²) in [6.45, 7) is 6.64. The average molecular weight is 215 g/mol. The Morgan fingerprint density at radius 2 is 2.33 bits per heavy atom. The van der Waals surface area contributed by atoms with Crippen LogP contribution in [0.25, 0.3) is 0 Å². The number of ether oxygens (including phenoxy) is 1. The highest BCUT2D eigenvalue weighted by Crippen LogP contribution is 2.30. The molecular weight excluding hydrogens is 194 g/mol. The van der Waals surface area contributed by atoms with Gasteiger partial charge in [0, 0.05) is 13.7 Å². The second-order valence-corrected chi connectivity index (χ2v) is 4.86. The molecule has 0 spiro atoms. The largest absolute Gasteiger partial charge is 0.383 e. The fraction of sp³-hybridized carbons (Fsp3) is 0.900. The minimum atomic E-state index is -0.262. The van der Waals surface area contributed by atoms with Crippen LogP contribution < -0.4 is 11.3 Å². The number of carbonyl (C=O) groups excluding carboxylic acids is 1. The second kappa shape index (κ2) is 4.92. The number of hydrogen-bond acceptors (Lipinski definition) is 4. The zero-order valence-corrected chi connectivity index (χ0v) is 9.75. The monoisotopic (exact) mass is 215 g/mol. The summed E-state index contributed by atoms with van der Waals surface area (Å²) < 4.78 is 5.05. The van der Waals surface area contributed by atoms with E-state index in [4.69, 9.17) is 10.6 Å². The van der Waals surface area contributed by atoms with Crippen LogP contribution in [0.2, 0.25) is 0 Å². The molecule has 1 aliphatic rings. The van der Waals surface area contributed by atoms with Crippen LogP contribution in [0.4, 0.5) is 0 Å². The maximum Gasteiger partial charge on any atom is 0.253 e. The van der Waals surface area contributed by atoms with Gasteiger partial charge in [-0.05, 0) is 18.4 Å². The average Bonchev–Trinajstić information content (AvgIpc) is 2.54. The van der Waals surface area contributed by atoms with Crippen molar-refractivity contribution >= 4 is 5.91 Å². The first kappa shape index (κ1) is 12.4. The Morgan fingerprint density at radius 1 is 1.67 bits per heavy atom. The van der Waals surface area contributed by atoms with Crippen molar-refractivity contribution in [1.82, 2.24) is 10.3 Å². The van der Waals surface area contributed by atoms with E-state index < -0.39 is 0 Å². The summed E-state index contributed by atoms with van der Waals surface area (Å²) in [5.74, 6) is 4.98. The summed E-state index contributed by atoms with van der Waals surface area (Å²) in [4.78, 5) is 13.7. The van der Waals surface area contributed by atoms with E-state index in [9.17, 15) is 4.79 Å². The van der Waals surface area contributed by atoms with Crippen LogP contribution in [-0.4, -0.2) is 43.7 Å². The Morgan fingerprint density at radius 3 is 2.73 bits per heavy atom. The third-order valence-corrected chi connectivity index (χ3v) is 2.92. The fourth-order valence-corrected chi connectivity index (χ4v) is 2.02. The van der Waals surface area contributed by atoms with Gasteiger partial charge in [-0.1, -0.05) is 13.8 Å². The van der Waals surface area contributed by atoms with Crippen molar-refractivity contribution in [3.05, 3.63) is 0 Å². The van der Waals surface area contributed by atoms with E-state index in [2.05, 4.69) is 24.2 Å². The Kier molecular flexibility index (Phi) is 4.07. The molecule has 3 N–H and O–H groups in total. The topological polar surface area (TPSA) is 67.6 Å². The van der Waals surface area contributed by atoms with Crippen molar-refractivity contribution in [1.29, 1.82) is 0 Å². The van der Waals surface area contributed by atoms with Crippen molar-refractivity contribution < 1.29 is 9.53 Å². The molecule has 0 radical (unpaired) electrons. The van der Waals surface area contributed by atoms with Gasteiger partial charge in [0.25, 0.3) is 5.91 Å². The standard InChI is InChI=1S/C10H21N3O2/c1-10(2)4-5-13(7-10)8(6-15-3)9(14)12-11/h8H,4-7,11H2,1-3H3,(H,12,14). The first-order chi connectivity index (χ1) is 7.00. The number of hydrazine groups is 1. The zero-order chi connectivity index (χ0) is 11.5. The molecule has 5 heteroatoms. The van der Waals surface area contributed by atoms with Gasteiger partial charge in [0.05, 0.1) is 6.61 Å². The smallest absolute Gasteiger partial charge is 0.253 e. The highest BCUT2D eigenvalue weighted by Gasteiger charge is 2.35. The van der Waals surface area contributed by atoms with Crippen LogP contribution in [0.5, 0.6) is 0 Å². The van der Waals surface area contributed by atoms with Gasteiger partial charge in [-0.2, -0.15) is 0 Å². The van der Waals surface area contributed by atoms with Crippen LogP contribution in [-0.2, 0) is 9.53 Å². The molecule has 1 rings (SSSR count). The fourth-order valence-electron chi connectivity index (χ4n) is 2.02. The summed E-state index contributed by atoms with van der Waals surface area (Å²) in [5, 5.41) is 0. The molecule has 1 saturated heterocycles. The Labute approximate surface area is 90.9 Å². The molecule has 0 aromatic heterocycles. The number of carbonyl (C=O) groups is 1. The Balaban J connectivity index is 2.61. The van der Waals surface area contributed by atoms with Crippen LogP contribution >= 0.6 is 0 Å². The molecule has 1 amide bonds. The SMILES string of the molecule is COCC(C(=O)NN)N1CCC(C)(C)C1. The second-order valence-electron chi connectivity index (χ2n) is 4.86. The maximum absolute atomic E-state index is 11.5. The molecule has 0 aromatic rings. The number of nitrogens with one attached hydrogen (secondary N) is 1. The van der Waals surface area contributed by atoms with Gasteiger partial charge in [-0.3, -0.25) is 15.1 Å². The van der Waals surface area contributed by atoms with Gasteiger partial charge in [-0.15, -0.1) is 0 Å². The minimum Gasteiger partial charge on any atom is -0.383 e. The van der Waals surface area contributed by atoms with Crippen molar-refractivity contribution in [3.63, 3.8) is 0 Å². The van der Waals surface area contributed by atoms with Crippen molar-refractivity contribution in [2.75, 3.05) is 26.8 Å². The molecule has 0 saturated carbocycles. The number of methoxy groups -OCH3 is 1. The summed E-state index contributed by atoms with van der Waals surface area (Å²) in [6, 6.07) is -0.262. The van der Waals surface area contributed by atoms with Crippen molar-refractivity contribution in [2.45, 2.75) is 26.3 Å². The lowest BCUT2D eigenvalue weighted by atomic mass is 9.93. The molecule has 15 heavy (non-hydrogen) atoms. The minimum absolute atomic E-state index is 0.172. The van der Waals surface area contributed by atoms with Crippen LogP contribution in [0.3, 0.4) is 0 Å². The lowest BCUT2D eigenvalue weighted by Crippen LogP contribution is -2.50. The zero-order valence-electron chi connectivity index (χ0n) is 9.75. The van der Waals surface area contributed by atoms with E-state index in [0.717, 1.165) is 19.5 Å². The van der Waals surface area contributed by atoms with E-state index in [1.807, 2.05) is 0 Å². The Bertz CT molecular complexity index is 231. The van der Waals surface area contributed by atoms with Gasteiger partial charge in [0.1, 0.15) is 6.04 Å². The number of hydrogen-bond donors (Lipinski definition) is 2. The number of likely N-dealkylation sites (tertiary alicyclic amines) is 1. The highest BCUT2D eigenvalue weighted by atomic mass is 16.5. The highest BCUT2D eigenvalue weighted by molar-refractivity contribution is 5.81. The van der Waals surface area contributed by atoms with E-state index in [1.165, 1.54) is 0 Å². The lowest BCUT2D eigenvalue weighted by molar-refractivity contribution is -0.128. The van der Waals surface area contributed by atoms with Gasteiger partial charge < -0.3 is 4.74 Å². The maximum atomic E-state index is 11.5. The molecule has 0 aromatic carbocycles. The first-order valence-electron chi connectivity index (χ1n) is 5.23. The van der Waals surface area contributed by atoms with Crippen molar-refractivity contribution in [2.24, 2.45) is 11.3 Å². The first-order valence-corrected chi connectivity index (χ1v) is 5.23. The molecule has 1 heterocycles. The molecule has 1 aliphatic heterocycles. The predicted octanol–water partition coefficient (Wildman–Crippen LogP) is -0.277. The van der Waals surface area contributed by atoms with Gasteiger partial charge >= 0.3 is 0 Å². The molecule has 88 valence electrons. The number of amides is 1. The molecule has 0 bridgehead atoms. The lowest BCUT2D eigenvalue weighted by Gasteiger charge is -2.26. The summed E-state index contributed by atoms with van der Waals surface area (Å²) in [6.07, 6.45) is 1.10. The normalized spacial score (nSPS) is 22.7. The van der Waals surface area contributed by atoms with Gasteiger partial charge in [0.2, 0.25) is 0 Å². The third kappa shape index (κ3) is 3.15. The number of nitrogens with zero attached hydrogens (tertiary/aromatic N) is 1. The number of rotatable bonds is 4. The summed E-state index contributed by atoms with van der Waals surface area (Å²) in [5.41, 5.74) is 2.47. The predicted molar refractivity (Wildman–Crippen MR) is 58.0 cm³/mol. The van der Waals surface area contributed by atoms with E-state index >= 15 is 0 Å². The van der Waals surface area contributed by atoms with Crippen LogP contribution in [0, 0.1) is 5.41 Å². The molecule has 0 aliphatic carbocycles. The third-order valence-electron chi connectivity index (χ3n) is 2.92. The summed E-state index contributed by atoms with van der Waals surface area (Å²) >= 11 is 0. The summed E-state index contributed by atoms with van der Waals surface area (Å²) in [7, 11) is 1.60. The van der Waals surface area contributed by atoms with Crippen LogP contribution in [0.15, 0.2) is 0 Å². The molecule has 5 nitrogen and oxygen atoms in total. The van der Waals surface area contributed by atoms with Crippen LogP contribution in [0.1, 0.15) is 20.3 Å². The number of nitrogens with two attached hydrogens (primary N) is 1. The Hall–Kier alpha value is -0.650. The molecule has 1 fully saturated rings. The molecule has 1 unspecified atom stereocenters. The van der Waals surface area contributed by atoms with E-state index in [0.29, 0.717) is 6.61 Å². The van der Waals surface area contributed by atoms with E-state index in [1.54, 1.807) is 7.11 Å². The van der Waals surface area contributed by atoms with Gasteiger partial charge in [-0.25, -0.2) is 5.84 Å². The quantitative estimate of drug-likeness (QED) is 0.384.